The first-order chi connectivity index (χ1) is 13.4. The Morgan fingerprint density at radius 1 is 0.828 bits per heavy atom. The fourth-order valence-electron chi connectivity index (χ4n) is 2.71. The average Bonchev–Trinajstić information content (AvgIpc) is 2.63. The molecule has 29 heavy (non-hydrogen) atoms. The molecule has 1 heterocycles. The van der Waals surface area contributed by atoms with E-state index in [4.69, 9.17) is 4.42 Å². The number of aromatic hydroxyl groups is 1. The SMILES string of the molecule is O=c1oc(-c2cc(C(F)(F)F)cc(C(F)(F)F)c2)cc(O)c1Cc1ccccc1. The van der Waals surface area contributed by atoms with E-state index in [-0.39, 0.29) is 18.1 Å². The first-order valence-electron chi connectivity index (χ1n) is 8.15. The van der Waals surface area contributed by atoms with Gasteiger partial charge in [0, 0.05) is 18.1 Å². The highest BCUT2D eigenvalue weighted by Crippen LogP contribution is 2.39. The molecule has 0 saturated carbocycles. The largest absolute Gasteiger partial charge is 0.507 e. The summed E-state index contributed by atoms with van der Waals surface area (Å²) < 4.78 is 83.0. The molecule has 0 spiro atoms. The van der Waals surface area contributed by atoms with E-state index in [0.717, 1.165) is 6.07 Å². The highest BCUT2D eigenvalue weighted by molar-refractivity contribution is 5.62. The first-order valence-corrected chi connectivity index (χ1v) is 8.15. The molecule has 2 aromatic carbocycles. The van der Waals surface area contributed by atoms with Crippen LogP contribution in [0.2, 0.25) is 0 Å². The molecule has 9 heteroatoms. The molecule has 152 valence electrons. The zero-order valence-corrected chi connectivity index (χ0v) is 14.4. The predicted octanol–water partition coefficient (Wildman–Crippen LogP) is 5.64. The second-order valence-electron chi connectivity index (χ2n) is 6.22. The Morgan fingerprint density at radius 2 is 1.38 bits per heavy atom. The molecule has 0 aliphatic carbocycles. The third-order valence-electron chi connectivity index (χ3n) is 4.12. The Kier molecular flexibility index (Phi) is 5.16. The maximum atomic E-state index is 13.0. The van der Waals surface area contributed by atoms with Gasteiger partial charge in [0.15, 0.2) is 0 Å². The summed E-state index contributed by atoms with van der Waals surface area (Å²) in [6, 6.07) is 10.1. The molecule has 1 aromatic heterocycles. The highest BCUT2D eigenvalue weighted by atomic mass is 19.4. The molecule has 0 bridgehead atoms. The van der Waals surface area contributed by atoms with Crippen molar-refractivity contribution < 1.29 is 35.9 Å². The van der Waals surface area contributed by atoms with E-state index in [1.807, 2.05) is 0 Å². The van der Waals surface area contributed by atoms with Crippen LogP contribution in [0.25, 0.3) is 11.3 Å². The van der Waals surface area contributed by atoms with Crippen LogP contribution in [0, 0.1) is 0 Å². The second-order valence-corrected chi connectivity index (χ2v) is 6.22. The van der Waals surface area contributed by atoms with Crippen molar-refractivity contribution in [2.75, 3.05) is 0 Å². The number of hydrogen-bond acceptors (Lipinski definition) is 3. The average molecular weight is 414 g/mol. The predicted molar refractivity (Wildman–Crippen MR) is 91.3 cm³/mol. The summed E-state index contributed by atoms with van der Waals surface area (Å²) in [6.45, 7) is 0. The van der Waals surface area contributed by atoms with Gasteiger partial charge in [0.2, 0.25) is 0 Å². The molecule has 3 rings (SSSR count). The molecule has 0 saturated heterocycles. The van der Waals surface area contributed by atoms with Gasteiger partial charge in [-0.05, 0) is 23.8 Å². The van der Waals surface area contributed by atoms with Gasteiger partial charge >= 0.3 is 18.0 Å². The minimum atomic E-state index is -5.05. The Balaban J connectivity index is 2.10. The van der Waals surface area contributed by atoms with Gasteiger partial charge < -0.3 is 9.52 Å². The second kappa shape index (κ2) is 7.31. The number of alkyl halides is 6. The summed E-state index contributed by atoms with van der Waals surface area (Å²) in [5.74, 6) is -1.20. The van der Waals surface area contributed by atoms with E-state index in [2.05, 4.69) is 0 Å². The van der Waals surface area contributed by atoms with Crippen molar-refractivity contribution in [2.45, 2.75) is 18.8 Å². The van der Waals surface area contributed by atoms with Crippen LogP contribution in [0.5, 0.6) is 5.75 Å². The standard InChI is InChI=1S/C20H12F6O3/c21-19(22,23)13-7-12(8-14(9-13)20(24,25)26)17-10-16(27)15(18(28)29-17)6-11-4-2-1-3-5-11/h1-5,7-10,27H,6H2. The fourth-order valence-corrected chi connectivity index (χ4v) is 2.71. The molecule has 3 aromatic rings. The molecule has 0 unspecified atom stereocenters. The maximum Gasteiger partial charge on any atom is 0.416 e. The molecular weight excluding hydrogens is 402 g/mol. The van der Waals surface area contributed by atoms with Crippen molar-refractivity contribution in [2.24, 2.45) is 0 Å². The third kappa shape index (κ3) is 4.61. The smallest absolute Gasteiger partial charge is 0.416 e. The van der Waals surface area contributed by atoms with Gasteiger partial charge in [-0.15, -0.1) is 0 Å². The molecule has 0 amide bonds. The lowest BCUT2D eigenvalue weighted by atomic mass is 10.0. The van der Waals surface area contributed by atoms with Crippen molar-refractivity contribution in [3.05, 3.63) is 87.3 Å². The molecule has 0 atom stereocenters. The van der Waals surface area contributed by atoms with Crippen LogP contribution in [0.4, 0.5) is 26.3 Å². The lowest BCUT2D eigenvalue weighted by Gasteiger charge is -2.14. The summed E-state index contributed by atoms with van der Waals surface area (Å²) in [4.78, 5) is 12.2. The monoisotopic (exact) mass is 414 g/mol. The van der Waals surface area contributed by atoms with E-state index in [9.17, 15) is 36.2 Å². The van der Waals surface area contributed by atoms with Crippen LogP contribution in [0.3, 0.4) is 0 Å². The molecule has 0 aliphatic rings. The van der Waals surface area contributed by atoms with Crippen molar-refractivity contribution in [1.29, 1.82) is 0 Å². The maximum absolute atomic E-state index is 13.0. The van der Waals surface area contributed by atoms with Gasteiger partial charge in [-0.2, -0.15) is 26.3 Å². The van der Waals surface area contributed by atoms with Gasteiger partial charge in [-0.25, -0.2) is 4.79 Å². The van der Waals surface area contributed by atoms with Gasteiger partial charge in [-0.1, -0.05) is 30.3 Å². The van der Waals surface area contributed by atoms with Gasteiger partial charge in [0.1, 0.15) is 11.5 Å². The number of hydrogen-bond donors (Lipinski definition) is 1. The zero-order valence-electron chi connectivity index (χ0n) is 14.4. The van der Waals surface area contributed by atoms with Crippen molar-refractivity contribution in [3.63, 3.8) is 0 Å². The minimum Gasteiger partial charge on any atom is -0.507 e. The minimum absolute atomic E-state index is 0.0221. The summed E-state index contributed by atoms with van der Waals surface area (Å²) in [7, 11) is 0. The van der Waals surface area contributed by atoms with E-state index < -0.39 is 46.2 Å². The van der Waals surface area contributed by atoms with Crippen molar-refractivity contribution >= 4 is 0 Å². The lowest BCUT2D eigenvalue weighted by molar-refractivity contribution is -0.143. The summed E-state index contributed by atoms with van der Waals surface area (Å²) in [5, 5.41) is 10.1. The van der Waals surface area contributed by atoms with E-state index >= 15 is 0 Å². The fraction of sp³-hybridized carbons (Fsp3) is 0.150. The summed E-state index contributed by atoms with van der Waals surface area (Å²) in [6.07, 6.45) is -10.1. The van der Waals surface area contributed by atoms with Crippen LogP contribution < -0.4 is 5.63 Å². The summed E-state index contributed by atoms with van der Waals surface area (Å²) in [5.41, 5.74) is -4.32. The number of halogens is 6. The molecule has 0 fully saturated rings. The van der Waals surface area contributed by atoms with Gasteiger partial charge in [0.25, 0.3) is 0 Å². The molecule has 0 aliphatic heterocycles. The van der Waals surface area contributed by atoms with Crippen molar-refractivity contribution in [3.8, 4) is 17.1 Å². The Hall–Kier alpha value is -3.23. The molecule has 1 N–H and O–H groups in total. The topological polar surface area (TPSA) is 50.4 Å². The van der Waals surface area contributed by atoms with Gasteiger partial charge in [-0.3, -0.25) is 0 Å². The van der Waals surface area contributed by atoms with E-state index in [0.29, 0.717) is 17.7 Å². The quantitative estimate of drug-likeness (QED) is 0.565. The zero-order chi connectivity index (χ0) is 21.4. The van der Waals surface area contributed by atoms with Crippen LogP contribution in [0.1, 0.15) is 22.3 Å². The highest BCUT2D eigenvalue weighted by Gasteiger charge is 2.37. The van der Waals surface area contributed by atoms with Crippen LogP contribution in [-0.2, 0) is 18.8 Å². The Morgan fingerprint density at radius 3 is 1.86 bits per heavy atom. The number of benzene rings is 2. The van der Waals surface area contributed by atoms with E-state index in [1.165, 1.54) is 0 Å². The molecular formula is C20H12F6O3. The van der Waals surface area contributed by atoms with Gasteiger partial charge in [0.05, 0.1) is 16.7 Å². The molecule has 3 nitrogen and oxygen atoms in total. The van der Waals surface area contributed by atoms with Crippen molar-refractivity contribution in [1.82, 2.24) is 0 Å². The van der Waals surface area contributed by atoms with Crippen LogP contribution >= 0.6 is 0 Å². The lowest BCUT2D eigenvalue weighted by Crippen LogP contribution is -2.12. The number of rotatable bonds is 3. The normalized spacial score (nSPS) is 12.2. The molecule has 0 radical (unpaired) electrons. The first kappa shape index (κ1) is 20.5. The van der Waals surface area contributed by atoms with Crippen LogP contribution in [-0.4, -0.2) is 5.11 Å². The van der Waals surface area contributed by atoms with E-state index in [1.54, 1.807) is 30.3 Å². The summed E-state index contributed by atoms with van der Waals surface area (Å²) >= 11 is 0. The Labute approximate surface area is 159 Å². The third-order valence-corrected chi connectivity index (χ3v) is 4.12. The Bertz CT molecular complexity index is 1050. The van der Waals surface area contributed by atoms with Crippen LogP contribution in [0.15, 0.2) is 63.8 Å².